The van der Waals surface area contributed by atoms with Gasteiger partial charge in [0.05, 0.1) is 11.1 Å². The molecule has 0 aromatic heterocycles. The van der Waals surface area contributed by atoms with Crippen molar-refractivity contribution in [3.63, 3.8) is 0 Å². The number of benzene rings is 11. The molecule has 11 aromatic rings. The maximum atomic E-state index is 2.49. The average Bonchev–Trinajstić information content (AvgIpc) is 4.09. The van der Waals surface area contributed by atoms with Crippen LogP contribution in [-0.2, 0) is 16.2 Å². The van der Waals surface area contributed by atoms with Gasteiger partial charge in [0, 0.05) is 27.8 Å². The van der Waals surface area contributed by atoms with Gasteiger partial charge in [-0.05, 0) is 142 Å². The van der Waals surface area contributed by atoms with Crippen molar-refractivity contribution in [3.8, 4) is 66.8 Å². The van der Waals surface area contributed by atoms with E-state index in [4.69, 9.17) is 0 Å². The fraction of sp³-hybridized carbons (Fsp3) is 0.0959. The summed E-state index contributed by atoms with van der Waals surface area (Å²) in [6, 6.07) is 97.6. The first-order valence-corrected chi connectivity index (χ1v) is 26.2. The third-order valence-electron chi connectivity index (χ3n) is 17.0. The van der Waals surface area contributed by atoms with Crippen molar-refractivity contribution in [2.75, 3.05) is 4.90 Å². The molecule has 0 N–H and O–H groups in total. The van der Waals surface area contributed by atoms with Crippen molar-refractivity contribution < 1.29 is 0 Å². The van der Waals surface area contributed by atoms with Crippen LogP contribution in [0.5, 0.6) is 0 Å². The highest BCUT2D eigenvalue weighted by Crippen LogP contribution is 2.60. The first-order valence-electron chi connectivity index (χ1n) is 26.2. The summed E-state index contributed by atoms with van der Waals surface area (Å²) in [6.45, 7) is 9.49. The minimum absolute atomic E-state index is 0.0758. The average molecular weight is 946 g/mol. The molecule has 0 heterocycles. The molecule has 11 aromatic carbocycles. The van der Waals surface area contributed by atoms with E-state index in [1.54, 1.807) is 0 Å². The maximum absolute atomic E-state index is 2.49. The highest BCUT2D eigenvalue weighted by molar-refractivity contribution is 5.99. The molecule has 0 bridgehead atoms. The van der Waals surface area contributed by atoms with Crippen LogP contribution in [0.25, 0.3) is 66.8 Å². The molecule has 0 aliphatic heterocycles. The summed E-state index contributed by atoms with van der Waals surface area (Å²) in [4.78, 5) is 2.49. The zero-order chi connectivity index (χ0) is 49.8. The SMILES string of the molecule is CC1(C)c2ccccc2-c2ccc(-c3ccc(N(c4ccc(-c5ccccc5-c5cccc6c5C(C)(C)c5ccccc5-6)cc4)c4cccc5c4-c4ccccc4C5(c4ccccc4)c4ccccc4)cc3)cc21. The molecule has 0 atom stereocenters. The Kier molecular flexibility index (Phi) is 9.88. The smallest absolute Gasteiger partial charge is 0.0714 e. The Morgan fingerprint density at radius 2 is 0.703 bits per heavy atom. The Hall–Kier alpha value is -8.78. The number of anilines is 3. The molecular formula is C73H55N. The van der Waals surface area contributed by atoms with E-state index in [-0.39, 0.29) is 10.8 Å². The Morgan fingerprint density at radius 3 is 1.34 bits per heavy atom. The summed E-state index contributed by atoms with van der Waals surface area (Å²) in [5, 5.41) is 0. The van der Waals surface area contributed by atoms with Gasteiger partial charge in [0.1, 0.15) is 0 Å². The van der Waals surface area contributed by atoms with Crippen LogP contribution in [0.4, 0.5) is 17.1 Å². The van der Waals surface area contributed by atoms with Gasteiger partial charge in [-0.15, -0.1) is 0 Å². The monoisotopic (exact) mass is 945 g/mol. The Morgan fingerprint density at radius 1 is 0.270 bits per heavy atom. The standard InChI is InChI=1S/C73H55N/c1-71(2)63-32-16-13-27-57(63)59-46-41-50(47-67(59)71)48-37-42-53(43-38-48)74(68-36-20-35-66-69(68)62-29-15-18-34-65(62)73(66,51-21-7-5-8-22-51)52-23-9-6-10-24-52)54-44-39-49(40-45-54)55-25-11-12-26-56(55)60-30-19-31-61-58-28-14-17-33-64(58)72(3,4)70(60)61/h5-47H,1-4H3. The molecule has 1 nitrogen and oxygen atoms in total. The summed E-state index contributed by atoms with van der Waals surface area (Å²) >= 11 is 0. The fourth-order valence-electron chi connectivity index (χ4n) is 13.6. The molecular weight excluding hydrogens is 891 g/mol. The van der Waals surface area contributed by atoms with Gasteiger partial charge in [-0.2, -0.15) is 0 Å². The van der Waals surface area contributed by atoms with E-state index in [2.05, 4.69) is 293 Å². The van der Waals surface area contributed by atoms with E-state index in [1.807, 2.05) is 0 Å². The highest BCUT2D eigenvalue weighted by Gasteiger charge is 2.47. The Balaban J connectivity index is 0.933. The first-order chi connectivity index (χ1) is 36.2. The van der Waals surface area contributed by atoms with Gasteiger partial charge in [-0.25, -0.2) is 0 Å². The maximum Gasteiger partial charge on any atom is 0.0714 e. The van der Waals surface area contributed by atoms with Crippen LogP contribution in [-0.4, -0.2) is 0 Å². The van der Waals surface area contributed by atoms with Crippen LogP contribution in [0.3, 0.4) is 0 Å². The largest absolute Gasteiger partial charge is 0.310 e. The van der Waals surface area contributed by atoms with Crippen LogP contribution >= 0.6 is 0 Å². The number of fused-ring (bicyclic) bond motifs is 9. The normalized spacial score (nSPS) is 14.5. The summed E-state index contributed by atoms with van der Waals surface area (Å²) in [5.74, 6) is 0. The molecule has 74 heavy (non-hydrogen) atoms. The predicted octanol–water partition coefficient (Wildman–Crippen LogP) is 19.1. The van der Waals surface area contributed by atoms with Crippen LogP contribution in [0.2, 0.25) is 0 Å². The lowest BCUT2D eigenvalue weighted by Crippen LogP contribution is -2.28. The molecule has 0 saturated heterocycles. The molecule has 0 fully saturated rings. The van der Waals surface area contributed by atoms with Crippen molar-refractivity contribution in [1.29, 1.82) is 0 Å². The van der Waals surface area contributed by atoms with Crippen molar-refractivity contribution in [3.05, 3.63) is 305 Å². The van der Waals surface area contributed by atoms with Gasteiger partial charge in [-0.3, -0.25) is 0 Å². The molecule has 1 heteroatoms. The summed E-state index contributed by atoms with van der Waals surface area (Å²) in [6.07, 6.45) is 0. The van der Waals surface area contributed by atoms with E-state index in [9.17, 15) is 0 Å². The topological polar surface area (TPSA) is 3.24 Å². The minimum Gasteiger partial charge on any atom is -0.310 e. The minimum atomic E-state index is -0.526. The summed E-state index contributed by atoms with van der Waals surface area (Å²) in [5.41, 5.74) is 28.5. The summed E-state index contributed by atoms with van der Waals surface area (Å²) in [7, 11) is 0. The van der Waals surface area contributed by atoms with Crippen LogP contribution in [0, 0.1) is 0 Å². The van der Waals surface area contributed by atoms with E-state index in [0.717, 1.165) is 17.1 Å². The third kappa shape index (κ3) is 6.36. The van der Waals surface area contributed by atoms with E-state index < -0.39 is 5.41 Å². The molecule has 3 aliphatic carbocycles. The summed E-state index contributed by atoms with van der Waals surface area (Å²) < 4.78 is 0. The Labute approximate surface area is 435 Å². The molecule has 0 spiro atoms. The van der Waals surface area contributed by atoms with Gasteiger partial charge in [0.15, 0.2) is 0 Å². The van der Waals surface area contributed by atoms with Gasteiger partial charge >= 0.3 is 0 Å². The molecule has 3 aliphatic rings. The molecule has 0 amide bonds. The number of hydrogen-bond donors (Lipinski definition) is 0. The second kappa shape index (κ2) is 16.6. The van der Waals surface area contributed by atoms with Crippen molar-refractivity contribution in [1.82, 2.24) is 0 Å². The van der Waals surface area contributed by atoms with Crippen LogP contribution in [0.1, 0.15) is 72.2 Å². The number of nitrogens with zero attached hydrogens (tertiary/aromatic N) is 1. The molecule has 352 valence electrons. The zero-order valence-electron chi connectivity index (χ0n) is 42.3. The van der Waals surface area contributed by atoms with Crippen LogP contribution in [0.15, 0.2) is 261 Å². The van der Waals surface area contributed by atoms with Crippen molar-refractivity contribution in [2.45, 2.75) is 43.9 Å². The second-order valence-electron chi connectivity index (χ2n) is 21.5. The highest BCUT2D eigenvalue weighted by atomic mass is 15.1. The van der Waals surface area contributed by atoms with Crippen molar-refractivity contribution in [2.24, 2.45) is 0 Å². The lowest BCUT2D eigenvalue weighted by Gasteiger charge is -2.34. The third-order valence-corrected chi connectivity index (χ3v) is 17.0. The van der Waals surface area contributed by atoms with Crippen molar-refractivity contribution >= 4 is 17.1 Å². The first kappa shape index (κ1) is 44.0. The fourth-order valence-corrected chi connectivity index (χ4v) is 13.6. The van der Waals surface area contributed by atoms with Gasteiger partial charge < -0.3 is 4.90 Å². The van der Waals surface area contributed by atoms with E-state index >= 15 is 0 Å². The molecule has 0 unspecified atom stereocenters. The lowest BCUT2D eigenvalue weighted by molar-refractivity contribution is 0.660. The van der Waals surface area contributed by atoms with E-state index in [1.165, 1.54) is 111 Å². The molecule has 14 rings (SSSR count). The predicted molar refractivity (Wildman–Crippen MR) is 310 cm³/mol. The zero-order valence-corrected chi connectivity index (χ0v) is 42.3. The second-order valence-corrected chi connectivity index (χ2v) is 21.5. The number of hydrogen-bond acceptors (Lipinski definition) is 1. The Bertz CT molecular complexity index is 3950. The lowest BCUT2D eigenvalue weighted by atomic mass is 9.68. The van der Waals surface area contributed by atoms with E-state index in [0.29, 0.717) is 0 Å². The van der Waals surface area contributed by atoms with Crippen LogP contribution < -0.4 is 4.90 Å². The molecule has 0 radical (unpaired) electrons. The van der Waals surface area contributed by atoms with Gasteiger partial charge in [0.25, 0.3) is 0 Å². The molecule has 0 saturated carbocycles. The van der Waals surface area contributed by atoms with Gasteiger partial charge in [-0.1, -0.05) is 252 Å². The number of rotatable bonds is 8. The van der Waals surface area contributed by atoms with Gasteiger partial charge in [0.2, 0.25) is 0 Å². The quantitative estimate of drug-likeness (QED) is 0.147.